The van der Waals surface area contributed by atoms with E-state index < -0.39 is 0 Å². The molecule has 1 aromatic heterocycles. The summed E-state index contributed by atoms with van der Waals surface area (Å²) in [4.78, 5) is 0.389. The predicted molar refractivity (Wildman–Crippen MR) is 68.4 cm³/mol. The van der Waals surface area contributed by atoms with Crippen molar-refractivity contribution in [3.63, 3.8) is 0 Å². The standard InChI is InChI=1S/C12H13FN2S/c13-5-1-6-15-7-4-9-2-3-10(12(14)16)8-11(9)15/h2-4,7-8H,1,5-6H2,(H2,14,16). The van der Waals surface area contributed by atoms with E-state index in [9.17, 15) is 4.39 Å². The normalized spacial score (nSPS) is 10.8. The minimum atomic E-state index is -0.297. The van der Waals surface area contributed by atoms with Gasteiger partial charge in [-0.25, -0.2) is 0 Å². The Balaban J connectivity index is 2.43. The molecule has 0 saturated carbocycles. The molecule has 0 amide bonds. The van der Waals surface area contributed by atoms with Gasteiger partial charge < -0.3 is 10.3 Å². The van der Waals surface area contributed by atoms with Gasteiger partial charge in [0.1, 0.15) is 4.99 Å². The topological polar surface area (TPSA) is 30.9 Å². The molecule has 0 spiro atoms. The summed E-state index contributed by atoms with van der Waals surface area (Å²) >= 11 is 4.94. The van der Waals surface area contributed by atoms with E-state index in [4.69, 9.17) is 18.0 Å². The second-order valence-electron chi connectivity index (χ2n) is 3.69. The number of halogens is 1. The third-order valence-corrected chi connectivity index (χ3v) is 2.83. The molecule has 0 aliphatic rings. The molecule has 0 atom stereocenters. The molecule has 0 fully saturated rings. The van der Waals surface area contributed by atoms with Crippen molar-refractivity contribution in [2.45, 2.75) is 13.0 Å². The summed E-state index contributed by atoms with van der Waals surface area (Å²) in [6.07, 6.45) is 2.49. The average Bonchev–Trinajstić information content (AvgIpc) is 2.68. The van der Waals surface area contributed by atoms with E-state index in [-0.39, 0.29) is 6.67 Å². The molecule has 2 aromatic rings. The lowest BCUT2D eigenvalue weighted by Gasteiger charge is -2.05. The maximum atomic E-state index is 12.1. The summed E-state index contributed by atoms with van der Waals surface area (Å²) in [6, 6.07) is 7.85. The van der Waals surface area contributed by atoms with Gasteiger partial charge in [0.2, 0.25) is 0 Å². The zero-order valence-electron chi connectivity index (χ0n) is 8.82. The van der Waals surface area contributed by atoms with E-state index in [0.717, 1.165) is 16.5 Å². The molecule has 16 heavy (non-hydrogen) atoms. The number of thiocarbonyl (C=S) groups is 1. The van der Waals surface area contributed by atoms with E-state index in [1.165, 1.54) is 0 Å². The maximum Gasteiger partial charge on any atom is 0.104 e. The Hall–Kier alpha value is -1.42. The van der Waals surface area contributed by atoms with Crippen molar-refractivity contribution in [1.29, 1.82) is 0 Å². The smallest absolute Gasteiger partial charge is 0.104 e. The van der Waals surface area contributed by atoms with Gasteiger partial charge >= 0.3 is 0 Å². The number of rotatable bonds is 4. The van der Waals surface area contributed by atoms with Gasteiger partial charge in [0, 0.05) is 23.8 Å². The average molecular weight is 236 g/mol. The molecular weight excluding hydrogens is 223 g/mol. The number of fused-ring (bicyclic) bond motifs is 1. The summed E-state index contributed by atoms with van der Waals surface area (Å²) in [5, 5.41) is 1.12. The Morgan fingerprint density at radius 3 is 2.88 bits per heavy atom. The fourth-order valence-electron chi connectivity index (χ4n) is 1.76. The van der Waals surface area contributed by atoms with Crippen LogP contribution in [0.1, 0.15) is 12.0 Å². The molecule has 0 aliphatic heterocycles. The third kappa shape index (κ3) is 2.07. The van der Waals surface area contributed by atoms with Crippen LogP contribution in [-0.4, -0.2) is 16.2 Å². The minimum Gasteiger partial charge on any atom is -0.389 e. The van der Waals surface area contributed by atoms with Gasteiger partial charge in [0.25, 0.3) is 0 Å². The molecule has 0 unspecified atom stereocenters. The van der Waals surface area contributed by atoms with Gasteiger partial charge in [-0.1, -0.05) is 24.4 Å². The van der Waals surface area contributed by atoms with Crippen LogP contribution in [0.2, 0.25) is 0 Å². The molecule has 2 N–H and O–H groups in total. The van der Waals surface area contributed by atoms with Crippen molar-refractivity contribution < 1.29 is 4.39 Å². The van der Waals surface area contributed by atoms with Crippen LogP contribution in [-0.2, 0) is 6.54 Å². The molecule has 1 heterocycles. The highest BCUT2D eigenvalue weighted by molar-refractivity contribution is 7.80. The number of hydrogen-bond acceptors (Lipinski definition) is 1. The van der Waals surface area contributed by atoms with Crippen molar-refractivity contribution in [3.05, 3.63) is 36.0 Å². The number of benzene rings is 1. The quantitative estimate of drug-likeness (QED) is 0.827. The van der Waals surface area contributed by atoms with Crippen LogP contribution in [0.5, 0.6) is 0 Å². The van der Waals surface area contributed by atoms with Gasteiger partial charge in [-0.15, -0.1) is 0 Å². The summed E-state index contributed by atoms with van der Waals surface area (Å²) in [5.41, 5.74) is 7.49. The van der Waals surface area contributed by atoms with Crippen molar-refractivity contribution in [3.8, 4) is 0 Å². The van der Waals surface area contributed by atoms with Gasteiger partial charge in [0.15, 0.2) is 0 Å². The van der Waals surface area contributed by atoms with Crippen molar-refractivity contribution in [2.75, 3.05) is 6.67 Å². The molecule has 2 nitrogen and oxygen atoms in total. The van der Waals surface area contributed by atoms with Crippen molar-refractivity contribution in [1.82, 2.24) is 4.57 Å². The Morgan fingerprint density at radius 1 is 1.38 bits per heavy atom. The Bertz CT molecular complexity index is 519. The first-order valence-corrected chi connectivity index (χ1v) is 5.58. The van der Waals surface area contributed by atoms with Gasteiger partial charge in [0.05, 0.1) is 6.67 Å². The minimum absolute atomic E-state index is 0.297. The second kappa shape index (κ2) is 4.61. The van der Waals surface area contributed by atoms with E-state index in [0.29, 0.717) is 18.0 Å². The predicted octanol–water partition coefficient (Wildman–Crippen LogP) is 2.64. The first-order chi connectivity index (χ1) is 7.72. The Labute approximate surface area is 98.9 Å². The summed E-state index contributed by atoms with van der Waals surface area (Å²) in [7, 11) is 0. The van der Waals surface area contributed by atoms with Crippen LogP contribution in [0.4, 0.5) is 4.39 Å². The van der Waals surface area contributed by atoms with Crippen LogP contribution in [0.3, 0.4) is 0 Å². The van der Waals surface area contributed by atoms with E-state index in [2.05, 4.69) is 0 Å². The summed E-state index contributed by atoms with van der Waals surface area (Å²) < 4.78 is 14.2. The lowest BCUT2D eigenvalue weighted by Crippen LogP contribution is -2.09. The summed E-state index contributed by atoms with van der Waals surface area (Å²) in [5.74, 6) is 0. The molecule has 0 radical (unpaired) electrons. The van der Waals surface area contributed by atoms with Crippen LogP contribution in [0, 0.1) is 0 Å². The molecule has 1 aromatic carbocycles. The van der Waals surface area contributed by atoms with E-state index >= 15 is 0 Å². The van der Waals surface area contributed by atoms with Gasteiger partial charge in [-0.2, -0.15) is 0 Å². The second-order valence-corrected chi connectivity index (χ2v) is 4.13. The van der Waals surface area contributed by atoms with Gasteiger partial charge in [-0.05, 0) is 23.9 Å². The highest BCUT2D eigenvalue weighted by Gasteiger charge is 2.03. The number of nitrogens with two attached hydrogens (primary N) is 1. The fourth-order valence-corrected chi connectivity index (χ4v) is 1.89. The fraction of sp³-hybridized carbons (Fsp3) is 0.250. The zero-order chi connectivity index (χ0) is 11.5. The van der Waals surface area contributed by atoms with E-state index in [1.54, 1.807) is 0 Å². The van der Waals surface area contributed by atoms with E-state index in [1.807, 2.05) is 35.0 Å². The molecule has 2 rings (SSSR count). The Morgan fingerprint density at radius 2 is 2.19 bits per heavy atom. The van der Waals surface area contributed by atoms with Gasteiger partial charge in [-0.3, -0.25) is 4.39 Å². The molecule has 0 saturated heterocycles. The number of hydrogen-bond donors (Lipinski definition) is 1. The number of nitrogens with zero attached hydrogens (tertiary/aromatic N) is 1. The first kappa shape index (κ1) is 11.1. The van der Waals surface area contributed by atoms with Crippen LogP contribution < -0.4 is 5.73 Å². The third-order valence-electron chi connectivity index (χ3n) is 2.59. The molecule has 0 bridgehead atoms. The number of aryl methyl sites for hydroxylation is 1. The molecule has 0 aliphatic carbocycles. The SMILES string of the molecule is NC(=S)c1ccc2ccn(CCCF)c2c1. The molecular formula is C12H13FN2S. The maximum absolute atomic E-state index is 12.1. The highest BCUT2D eigenvalue weighted by Crippen LogP contribution is 2.18. The zero-order valence-corrected chi connectivity index (χ0v) is 9.64. The summed E-state index contributed by atoms with van der Waals surface area (Å²) in [6.45, 7) is 0.384. The lowest BCUT2D eigenvalue weighted by atomic mass is 10.1. The number of aromatic nitrogens is 1. The molecule has 84 valence electrons. The lowest BCUT2D eigenvalue weighted by molar-refractivity contribution is 0.450. The number of alkyl halides is 1. The highest BCUT2D eigenvalue weighted by atomic mass is 32.1. The first-order valence-electron chi connectivity index (χ1n) is 5.17. The Kier molecular flexibility index (Phi) is 3.19. The molecule has 4 heteroatoms. The monoisotopic (exact) mass is 236 g/mol. The van der Waals surface area contributed by atoms with Crippen molar-refractivity contribution in [2.24, 2.45) is 5.73 Å². The van der Waals surface area contributed by atoms with Crippen molar-refractivity contribution >= 4 is 28.1 Å². The van der Waals surface area contributed by atoms with Crippen LogP contribution >= 0.6 is 12.2 Å². The van der Waals surface area contributed by atoms with Crippen LogP contribution in [0.15, 0.2) is 30.5 Å². The van der Waals surface area contributed by atoms with Crippen LogP contribution in [0.25, 0.3) is 10.9 Å². The largest absolute Gasteiger partial charge is 0.389 e.